The highest BCUT2D eigenvalue weighted by Gasteiger charge is 2.28. The molecule has 1 amide bonds. The van der Waals surface area contributed by atoms with Crippen molar-refractivity contribution >= 4 is 50.8 Å². The van der Waals surface area contributed by atoms with Gasteiger partial charge in [0.25, 0.3) is 0 Å². The maximum Gasteiger partial charge on any atom is 0.340 e. The minimum Gasteiger partial charge on any atom is -0.493 e. The summed E-state index contributed by atoms with van der Waals surface area (Å²) in [6.07, 6.45) is 0. The van der Waals surface area contributed by atoms with Gasteiger partial charge in [0, 0.05) is 28.7 Å². The molecule has 0 aliphatic rings. The summed E-state index contributed by atoms with van der Waals surface area (Å²) in [4.78, 5) is 25.4. The molecule has 0 saturated heterocycles. The molecule has 0 aliphatic carbocycles. The smallest absolute Gasteiger partial charge is 0.340 e. The van der Waals surface area contributed by atoms with Gasteiger partial charge in [-0.05, 0) is 35.9 Å². The monoisotopic (exact) mass is 566 g/mol. The first-order valence-corrected chi connectivity index (χ1v) is 12.9. The summed E-state index contributed by atoms with van der Waals surface area (Å²) >= 11 is 12.2. The zero-order valence-electron chi connectivity index (χ0n) is 20.2. The summed E-state index contributed by atoms with van der Waals surface area (Å²) in [5, 5.41) is 3.28. The van der Waals surface area contributed by atoms with E-state index in [1.54, 1.807) is 24.3 Å². The summed E-state index contributed by atoms with van der Waals surface area (Å²) in [5.41, 5.74) is 0.540. The van der Waals surface area contributed by atoms with Crippen molar-refractivity contribution in [1.82, 2.24) is 4.31 Å². The Kier molecular flexibility index (Phi) is 9.39. The Hall–Kier alpha value is -3.31. The van der Waals surface area contributed by atoms with Gasteiger partial charge in [-0.2, -0.15) is 4.31 Å². The van der Waals surface area contributed by atoms with E-state index in [0.717, 1.165) is 4.31 Å². The molecule has 37 heavy (non-hydrogen) atoms. The van der Waals surface area contributed by atoms with Crippen molar-refractivity contribution in [3.05, 3.63) is 81.8 Å². The molecule has 0 atom stereocenters. The molecule has 0 spiro atoms. The number of anilines is 1. The molecule has 0 aromatic heterocycles. The third-order valence-corrected chi connectivity index (χ3v) is 7.71. The van der Waals surface area contributed by atoms with Gasteiger partial charge < -0.3 is 19.5 Å². The van der Waals surface area contributed by atoms with Gasteiger partial charge in [-0.1, -0.05) is 41.4 Å². The van der Waals surface area contributed by atoms with Gasteiger partial charge >= 0.3 is 5.97 Å². The lowest BCUT2D eigenvalue weighted by Gasteiger charge is -2.23. The number of hydrogen-bond acceptors (Lipinski definition) is 7. The Morgan fingerprint density at radius 2 is 1.54 bits per heavy atom. The van der Waals surface area contributed by atoms with E-state index >= 15 is 0 Å². The Labute approximate surface area is 224 Å². The van der Waals surface area contributed by atoms with Crippen LogP contribution < -0.4 is 14.8 Å². The van der Waals surface area contributed by atoms with E-state index in [1.165, 1.54) is 57.7 Å². The zero-order valence-corrected chi connectivity index (χ0v) is 22.5. The van der Waals surface area contributed by atoms with Crippen molar-refractivity contribution in [2.75, 3.05) is 33.2 Å². The van der Waals surface area contributed by atoms with E-state index in [1.807, 2.05) is 0 Å². The molecule has 3 rings (SSSR count). The molecule has 0 heterocycles. The Morgan fingerprint density at radius 3 is 2.14 bits per heavy atom. The van der Waals surface area contributed by atoms with Crippen LogP contribution in [0.3, 0.4) is 0 Å². The molecule has 0 unspecified atom stereocenters. The summed E-state index contributed by atoms with van der Waals surface area (Å²) in [7, 11) is -0.178. The number of amides is 1. The minimum absolute atomic E-state index is 0.00767. The van der Waals surface area contributed by atoms with Crippen molar-refractivity contribution in [3.63, 3.8) is 0 Å². The maximum atomic E-state index is 13.5. The average molecular weight is 567 g/mol. The van der Waals surface area contributed by atoms with Crippen LogP contribution in [0.2, 0.25) is 10.0 Å². The van der Waals surface area contributed by atoms with E-state index in [0.29, 0.717) is 15.6 Å². The fourth-order valence-electron chi connectivity index (χ4n) is 3.41. The van der Waals surface area contributed by atoms with Crippen molar-refractivity contribution in [3.8, 4) is 11.5 Å². The number of ether oxygens (including phenoxy) is 3. The number of carbonyl (C=O) groups is 2. The highest BCUT2D eigenvalue weighted by atomic mass is 35.5. The zero-order chi connectivity index (χ0) is 27.2. The van der Waals surface area contributed by atoms with Crippen LogP contribution in [-0.4, -0.2) is 52.5 Å². The van der Waals surface area contributed by atoms with Crippen LogP contribution in [0.15, 0.2) is 65.6 Å². The normalized spacial score (nSPS) is 11.2. The highest BCUT2D eigenvalue weighted by Crippen LogP contribution is 2.34. The minimum atomic E-state index is -4.16. The molecule has 1 N–H and O–H groups in total. The van der Waals surface area contributed by atoms with Gasteiger partial charge in [0.05, 0.1) is 44.0 Å². The summed E-state index contributed by atoms with van der Waals surface area (Å²) < 4.78 is 43.3. The summed E-state index contributed by atoms with van der Waals surface area (Å²) in [5.74, 6) is -0.973. The lowest BCUT2D eigenvalue weighted by Crippen LogP contribution is -2.37. The van der Waals surface area contributed by atoms with Crippen LogP contribution in [0.1, 0.15) is 15.9 Å². The van der Waals surface area contributed by atoms with E-state index in [2.05, 4.69) is 5.32 Å². The van der Waals surface area contributed by atoms with Gasteiger partial charge in [0.2, 0.25) is 15.9 Å². The van der Waals surface area contributed by atoms with Crippen LogP contribution in [0, 0.1) is 0 Å². The number of rotatable bonds is 10. The van der Waals surface area contributed by atoms with Gasteiger partial charge in [0.1, 0.15) is 0 Å². The molecule has 9 nitrogen and oxygen atoms in total. The second kappa shape index (κ2) is 12.3. The van der Waals surface area contributed by atoms with Crippen molar-refractivity contribution in [1.29, 1.82) is 0 Å². The SMILES string of the molecule is COC(=O)c1cc(OC)c(OC)cc1NC(=O)CN(Cc1ccccc1Cl)S(=O)(=O)c1ccc(Cl)cc1. The second-order valence-electron chi connectivity index (χ2n) is 7.61. The molecule has 3 aromatic rings. The van der Waals surface area contributed by atoms with Crippen LogP contribution >= 0.6 is 23.2 Å². The number of carbonyl (C=O) groups excluding carboxylic acids is 2. The van der Waals surface area contributed by atoms with E-state index in [4.69, 9.17) is 37.4 Å². The van der Waals surface area contributed by atoms with Gasteiger partial charge in [0.15, 0.2) is 11.5 Å². The molecule has 0 aliphatic heterocycles. The number of nitrogens with one attached hydrogen (secondary N) is 1. The predicted octanol–water partition coefficient (Wildman–Crippen LogP) is 4.63. The maximum absolute atomic E-state index is 13.5. The lowest BCUT2D eigenvalue weighted by molar-refractivity contribution is -0.116. The summed E-state index contributed by atoms with van der Waals surface area (Å²) in [6, 6.07) is 15.0. The topological polar surface area (TPSA) is 111 Å². The molecule has 0 fully saturated rings. The quantitative estimate of drug-likeness (QED) is 0.356. The predicted molar refractivity (Wildman–Crippen MR) is 140 cm³/mol. The highest BCUT2D eigenvalue weighted by molar-refractivity contribution is 7.89. The lowest BCUT2D eigenvalue weighted by atomic mass is 10.1. The molecule has 3 aromatic carbocycles. The van der Waals surface area contributed by atoms with Crippen LogP contribution in [-0.2, 0) is 26.1 Å². The molecule has 0 saturated carbocycles. The summed E-state index contributed by atoms with van der Waals surface area (Å²) in [6.45, 7) is -0.779. The van der Waals surface area contributed by atoms with Gasteiger partial charge in [-0.15, -0.1) is 0 Å². The fraction of sp³-hybridized carbons (Fsp3) is 0.200. The van der Waals surface area contributed by atoms with Crippen molar-refractivity contribution in [2.45, 2.75) is 11.4 Å². The Morgan fingerprint density at radius 1 is 0.919 bits per heavy atom. The second-order valence-corrected chi connectivity index (χ2v) is 10.4. The Balaban J connectivity index is 1.98. The van der Waals surface area contributed by atoms with Crippen molar-refractivity contribution in [2.24, 2.45) is 0 Å². The van der Waals surface area contributed by atoms with Crippen LogP contribution in [0.4, 0.5) is 5.69 Å². The number of benzene rings is 3. The fourth-order valence-corrected chi connectivity index (χ4v) is 5.11. The third-order valence-electron chi connectivity index (χ3n) is 5.28. The molecule has 196 valence electrons. The number of nitrogens with zero attached hydrogens (tertiary/aromatic N) is 1. The van der Waals surface area contributed by atoms with Crippen LogP contribution in [0.5, 0.6) is 11.5 Å². The number of methoxy groups -OCH3 is 3. The van der Waals surface area contributed by atoms with E-state index in [9.17, 15) is 18.0 Å². The van der Waals surface area contributed by atoms with Crippen molar-refractivity contribution < 1.29 is 32.2 Å². The third kappa shape index (κ3) is 6.72. The largest absolute Gasteiger partial charge is 0.493 e. The number of sulfonamides is 1. The first kappa shape index (κ1) is 28.3. The molecule has 0 bridgehead atoms. The van der Waals surface area contributed by atoms with Gasteiger partial charge in [-0.25, -0.2) is 13.2 Å². The first-order chi connectivity index (χ1) is 17.6. The average Bonchev–Trinajstić information content (AvgIpc) is 2.88. The van der Waals surface area contributed by atoms with E-state index in [-0.39, 0.29) is 34.2 Å². The number of halogens is 2. The molecular weight excluding hydrogens is 543 g/mol. The molecule has 0 radical (unpaired) electrons. The van der Waals surface area contributed by atoms with E-state index < -0.39 is 28.4 Å². The molecular formula is C25H24Cl2N2O7S. The number of esters is 1. The Bertz CT molecular complexity index is 1400. The first-order valence-electron chi connectivity index (χ1n) is 10.7. The van der Waals surface area contributed by atoms with Gasteiger partial charge in [-0.3, -0.25) is 4.79 Å². The number of hydrogen-bond donors (Lipinski definition) is 1. The molecule has 12 heteroatoms. The van der Waals surface area contributed by atoms with Crippen LogP contribution in [0.25, 0.3) is 0 Å². The standard InChI is InChI=1S/C25H24Cl2N2O7S/c1-34-22-12-19(25(31)36-3)21(13-23(22)35-2)28-24(30)15-29(14-16-6-4-5-7-20(16)27)37(32,33)18-10-8-17(26)9-11-18/h4-13H,14-15H2,1-3H3,(H,28,30).